The molecule has 178 valence electrons. The molecule has 7 heteroatoms. The van der Waals surface area contributed by atoms with Crippen LogP contribution in [0.1, 0.15) is 16.7 Å². The van der Waals surface area contributed by atoms with E-state index in [1.54, 1.807) is 25.4 Å². The quantitative estimate of drug-likeness (QED) is 0.272. The van der Waals surface area contributed by atoms with Gasteiger partial charge in [-0.15, -0.1) is 5.10 Å². The van der Waals surface area contributed by atoms with Crippen LogP contribution in [0.4, 0.5) is 5.69 Å². The normalized spacial score (nSPS) is 11.4. The van der Waals surface area contributed by atoms with Gasteiger partial charge in [-0.1, -0.05) is 66.7 Å². The number of carbonyl (C=O) groups excluding carboxylic acids is 1. The molecular weight excluding hydrogens is 452 g/mol. The number of anilines is 1. The lowest BCUT2D eigenvalue weighted by atomic mass is 10.0. The second-order valence-electron chi connectivity index (χ2n) is 8.19. The van der Waals surface area contributed by atoms with Crippen LogP contribution in [0.5, 0.6) is 5.75 Å². The topological polar surface area (TPSA) is 77.6 Å². The van der Waals surface area contributed by atoms with Crippen LogP contribution < -0.4 is 15.7 Å². The van der Waals surface area contributed by atoms with Crippen molar-refractivity contribution in [3.8, 4) is 5.75 Å². The number of aromatic nitrogens is 3. The zero-order valence-electron chi connectivity index (χ0n) is 19.7. The summed E-state index contributed by atoms with van der Waals surface area (Å²) in [5.41, 5.74) is 3.92. The number of benzene rings is 3. The van der Waals surface area contributed by atoms with Crippen molar-refractivity contribution in [2.75, 3.05) is 12.4 Å². The van der Waals surface area contributed by atoms with E-state index in [4.69, 9.17) is 4.74 Å². The van der Waals surface area contributed by atoms with Crippen molar-refractivity contribution < 1.29 is 9.53 Å². The highest BCUT2D eigenvalue weighted by molar-refractivity contribution is 6.29. The third kappa shape index (κ3) is 4.81. The summed E-state index contributed by atoms with van der Waals surface area (Å²) in [6, 6.07) is 29.9. The predicted molar refractivity (Wildman–Crippen MR) is 141 cm³/mol. The maximum absolute atomic E-state index is 13.5. The Bertz CT molecular complexity index is 1620. The van der Waals surface area contributed by atoms with Crippen LogP contribution in [-0.2, 0) is 11.3 Å². The molecule has 0 saturated heterocycles. The van der Waals surface area contributed by atoms with Gasteiger partial charge in [-0.3, -0.25) is 9.20 Å². The van der Waals surface area contributed by atoms with Crippen LogP contribution >= 0.6 is 0 Å². The first-order valence-corrected chi connectivity index (χ1v) is 11.5. The minimum Gasteiger partial charge on any atom is -0.496 e. The number of rotatable bonds is 7. The largest absolute Gasteiger partial charge is 0.496 e. The smallest absolute Gasteiger partial charge is 0.350 e. The molecule has 3 aromatic carbocycles. The Hall–Kier alpha value is -4.91. The zero-order valence-corrected chi connectivity index (χ0v) is 19.7. The van der Waals surface area contributed by atoms with Crippen molar-refractivity contribution >= 4 is 28.9 Å². The van der Waals surface area contributed by atoms with Crippen LogP contribution in [0.25, 0.3) is 17.3 Å². The van der Waals surface area contributed by atoms with Crippen LogP contribution in [0, 0.1) is 0 Å². The highest BCUT2D eigenvalue weighted by Gasteiger charge is 2.14. The molecular formula is C29H24N4O3. The highest BCUT2D eigenvalue weighted by atomic mass is 16.5. The van der Waals surface area contributed by atoms with Crippen LogP contribution in [-0.4, -0.2) is 27.2 Å². The standard InChI is InChI=1S/C29H24N4O3/c1-36-26-15-6-5-13-23(26)19-25(22-11-3-2-4-12-22)28(34)30-24-14-9-10-21(18-24)20-33-29(35)32-17-8-7-16-27(32)31-33/h2-19H,20H2,1H3,(H,30,34)/b25-19+. The maximum atomic E-state index is 13.5. The number of para-hydroxylation sites is 1. The molecule has 5 aromatic rings. The average molecular weight is 477 g/mol. The molecule has 0 radical (unpaired) electrons. The van der Waals surface area contributed by atoms with E-state index < -0.39 is 0 Å². The molecule has 0 spiro atoms. The summed E-state index contributed by atoms with van der Waals surface area (Å²) < 4.78 is 8.38. The molecule has 36 heavy (non-hydrogen) atoms. The van der Waals surface area contributed by atoms with Gasteiger partial charge in [-0.05, 0) is 47.5 Å². The summed E-state index contributed by atoms with van der Waals surface area (Å²) in [6.45, 7) is 0.285. The van der Waals surface area contributed by atoms with Crippen LogP contribution in [0.3, 0.4) is 0 Å². The number of fused-ring (bicyclic) bond motifs is 1. The Kier molecular flexibility index (Phi) is 6.44. The van der Waals surface area contributed by atoms with Crippen molar-refractivity contribution in [3.63, 3.8) is 0 Å². The van der Waals surface area contributed by atoms with Crippen LogP contribution in [0.2, 0.25) is 0 Å². The molecule has 1 N–H and O–H groups in total. The SMILES string of the molecule is COc1ccccc1/C=C(/C(=O)Nc1cccc(Cn2nc3ccccn3c2=O)c1)c1ccccc1. The molecule has 0 unspecified atom stereocenters. The number of nitrogens with one attached hydrogen (secondary N) is 1. The van der Waals surface area contributed by atoms with Crippen molar-refractivity contribution in [2.24, 2.45) is 0 Å². The summed E-state index contributed by atoms with van der Waals surface area (Å²) in [6.07, 6.45) is 3.51. The maximum Gasteiger partial charge on any atom is 0.350 e. The molecule has 0 atom stereocenters. The van der Waals surface area contributed by atoms with Gasteiger partial charge in [0.1, 0.15) is 5.75 Å². The number of methoxy groups -OCH3 is 1. The number of hydrogen-bond donors (Lipinski definition) is 1. The molecule has 0 aliphatic heterocycles. The minimum atomic E-state index is -0.255. The Morgan fingerprint density at radius 3 is 2.53 bits per heavy atom. The third-order valence-electron chi connectivity index (χ3n) is 5.77. The number of nitrogens with zero attached hydrogens (tertiary/aromatic N) is 3. The molecule has 0 aliphatic rings. The molecule has 2 heterocycles. The van der Waals surface area contributed by atoms with E-state index in [-0.39, 0.29) is 18.1 Å². The Morgan fingerprint density at radius 2 is 1.72 bits per heavy atom. The Morgan fingerprint density at radius 1 is 0.944 bits per heavy atom. The Balaban J connectivity index is 1.43. The fourth-order valence-corrected chi connectivity index (χ4v) is 4.03. The van der Waals surface area contributed by atoms with Gasteiger partial charge in [0, 0.05) is 23.0 Å². The minimum absolute atomic E-state index is 0.217. The predicted octanol–water partition coefficient (Wildman–Crippen LogP) is 4.73. The third-order valence-corrected chi connectivity index (χ3v) is 5.77. The van der Waals surface area contributed by atoms with Gasteiger partial charge in [0.05, 0.1) is 13.7 Å². The first kappa shape index (κ1) is 22.9. The summed E-state index contributed by atoms with van der Waals surface area (Å²) in [4.78, 5) is 26.1. The van der Waals surface area contributed by atoms with Gasteiger partial charge in [0.25, 0.3) is 5.91 Å². The molecule has 5 rings (SSSR count). The molecule has 1 amide bonds. The summed E-state index contributed by atoms with van der Waals surface area (Å²) in [5, 5.41) is 7.39. The highest BCUT2D eigenvalue weighted by Crippen LogP contribution is 2.26. The van der Waals surface area contributed by atoms with Gasteiger partial charge < -0.3 is 10.1 Å². The fourth-order valence-electron chi connectivity index (χ4n) is 4.03. The lowest BCUT2D eigenvalue weighted by Gasteiger charge is -2.12. The number of amides is 1. The molecule has 0 aliphatic carbocycles. The molecule has 7 nitrogen and oxygen atoms in total. The van der Waals surface area contributed by atoms with Crippen molar-refractivity contribution in [2.45, 2.75) is 6.54 Å². The summed E-state index contributed by atoms with van der Waals surface area (Å²) >= 11 is 0. The van der Waals surface area contributed by atoms with Gasteiger partial charge >= 0.3 is 5.69 Å². The van der Waals surface area contributed by atoms with Gasteiger partial charge in [-0.25, -0.2) is 9.48 Å². The van der Waals surface area contributed by atoms with E-state index in [0.29, 0.717) is 22.7 Å². The number of ether oxygens (including phenoxy) is 1. The monoisotopic (exact) mass is 476 g/mol. The second-order valence-corrected chi connectivity index (χ2v) is 8.19. The van der Waals surface area contributed by atoms with Crippen molar-refractivity contribution in [3.05, 3.63) is 130 Å². The lowest BCUT2D eigenvalue weighted by Crippen LogP contribution is -2.21. The van der Waals surface area contributed by atoms with Gasteiger partial charge in [0.15, 0.2) is 5.65 Å². The van der Waals surface area contributed by atoms with E-state index in [0.717, 1.165) is 16.7 Å². The second kappa shape index (κ2) is 10.1. The number of pyridine rings is 1. The first-order valence-electron chi connectivity index (χ1n) is 11.5. The van der Waals surface area contributed by atoms with E-state index in [2.05, 4.69) is 10.4 Å². The number of hydrogen-bond acceptors (Lipinski definition) is 4. The van der Waals surface area contributed by atoms with E-state index in [1.165, 1.54) is 9.08 Å². The zero-order chi connectivity index (χ0) is 24.9. The van der Waals surface area contributed by atoms with E-state index in [9.17, 15) is 9.59 Å². The van der Waals surface area contributed by atoms with E-state index >= 15 is 0 Å². The Labute approximate surface area is 207 Å². The van der Waals surface area contributed by atoms with Gasteiger partial charge in [0.2, 0.25) is 0 Å². The summed E-state index contributed by atoms with van der Waals surface area (Å²) in [5.74, 6) is 0.424. The fraction of sp³-hybridized carbons (Fsp3) is 0.0690. The molecule has 2 aromatic heterocycles. The molecule has 0 bridgehead atoms. The lowest BCUT2D eigenvalue weighted by molar-refractivity contribution is -0.111. The summed E-state index contributed by atoms with van der Waals surface area (Å²) in [7, 11) is 1.61. The van der Waals surface area contributed by atoms with Crippen molar-refractivity contribution in [1.29, 1.82) is 0 Å². The van der Waals surface area contributed by atoms with E-state index in [1.807, 2.05) is 91.0 Å². The molecule has 0 fully saturated rings. The van der Waals surface area contributed by atoms with Crippen LogP contribution in [0.15, 0.2) is 108 Å². The number of carbonyl (C=O) groups is 1. The first-order chi connectivity index (χ1) is 17.6. The van der Waals surface area contributed by atoms with Gasteiger partial charge in [-0.2, -0.15) is 0 Å². The molecule has 0 saturated carbocycles. The average Bonchev–Trinajstić information content (AvgIpc) is 3.23. The van der Waals surface area contributed by atoms with Crippen molar-refractivity contribution in [1.82, 2.24) is 14.2 Å².